The van der Waals surface area contributed by atoms with E-state index in [0.29, 0.717) is 13.0 Å². The Morgan fingerprint density at radius 2 is 1.64 bits per heavy atom. The predicted octanol–water partition coefficient (Wildman–Crippen LogP) is 2.03. The monoisotopic (exact) mass is 478 g/mol. The van der Waals surface area contributed by atoms with E-state index in [-0.39, 0.29) is 18.1 Å². The predicted molar refractivity (Wildman–Crippen MR) is 126 cm³/mol. The van der Waals surface area contributed by atoms with Gasteiger partial charge in [-0.25, -0.2) is 8.70 Å². The Hall–Kier alpha value is -2.98. The zero-order valence-corrected chi connectivity index (χ0v) is 20.2. The minimum atomic E-state index is -4.06. The van der Waals surface area contributed by atoms with Gasteiger partial charge in [0.15, 0.2) is 0 Å². The second kappa shape index (κ2) is 11.8. The summed E-state index contributed by atoms with van der Waals surface area (Å²) in [5.41, 5.74) is 1.13. The van der Waals surface area contributed by atoms with Crippen LogP contribution in [0, 0.1) is 5.82 Å². The van der Waals surface area contributed by atoms with Crippen LogP contribution in [-0.4, -0.2) is 69.2 Å². The first kappa shape index (κ1) is 26.3. The highest BCUT2D eigenvalue weighted by molar-refractivity contribution is 7.90. The van der Waals surface area contributed by atoms with Crippen LogP contribution in [0.2, 0.25) is 0 Å². The van der Waals surface area contributed by atoms with Crippen molar-refractivity contribution in [2.24, 2.45) is 0 Å². The number of halogens is 1. The molecule has 33 heavy (non-hydrogen) atoms. The van der Waals surface area contributed by atoms with Crippen molar-refractivity contribution < 1.29 is 22.4 Å². The van der Waals surface area contributed by atoms with Crippen LogP contribution in [0.4, 0.5) is 10.1 Å². The third-order valence-electron chi connectivity index (χ3n) is 5.14. The molecule has 0 unspecified atom stereocenters. The molecular formula is C23H31FN4O4S. The fourth-order valence-electron chi connectivity index (χ4n) is 3.22. The molecule has 0 saturated heterocycles. The van der Waals surface area contributed by atoms with Crippen molar-refractivity contribution in [2.75, 3.05) is 38.0 Å². The Bertz CT molecular complexity index is 1030. The van der Waals surface area contributed by atoms with Crippen LogP contribution in [0.25, 0.3) is 0 Å². The number of likely N-dealkylation sites (N-methyl/N-ethyl adjacent to an activating group) is 1. The molecular weight excluding hydrogens is 447 g/mol. The maximum atomic E-state index is 13.4. The standard InChI is InChI=1S/C23H31FN4O4S/c1-5-25-23(30)18(2)27(16-15-19-9-7-6-8-10-19)22(29)17-28(33(31,32)26(3)4)21-13-11-20(24)12-14-21/h6-14,18H,5,15-17H2,1-4H3,(H,25,30)/t18-/m1/s1. The number of amides is 2. The van der Waals surface area contributed by atoms with Crippen LogP contribution in [0.15, 0.2) is 54.6 Å². The fraction of sp³-hybridized carbons (Fsp3) is 0.391. The van der Waals surface area contributed by atoms with Gasteiger partial charge in [-0.2, -0.15) is 12.7 Å². The van der Waals surface area contributed by atoms with Gasteiger partial charge in [0.05, 0.1) is 5.69 Å². The molecule has 0 bridgehead atoms. The van der Waals surface area contributed by atoms with Crippen LogP contribution in [0.3, 0.4) is 0 Å². The van der Waals surface area contributed by atoms with Crippen LogP contribution in [0.1, 0.15) is 19.4 Å². The van der Waals surface area contributed by atoms with Crippen LogP contribution in [0.5, 0.6) is 0 Å². The van der Waals surface area contributed by atoms with Crippen molar-refractivity contribution in [2.45, 2.75) is 26.3 Å². The number of nitrogens with one attached hydrogen (secondary N) is 1. The quantitative estimate of drug-likeness (QED) is 0.535. The summed E-state index contributed by atoms with van der Waals surface area (Å²) in [5, 5.41) is 2.70. The highest BCUT2D eigenvalue weighted by Gasteiger charge is 2.32. The molecule has 0 aromatic heterocycles. The number of nitrogens with zero attached hydrogens (tertiary/aromatic N) is 3. The number of hydrogen-bond acceptors (Lipinski definition) is 4. The van der Waals surface area contributed by atoms with Crippen molar-refractivity contribution in [1.29, 1.82) is 0 Å². The fourth-order valence-corrected chi connectivity index (χ4v) is 4.27. The van der Waals surface area contributed by atoms with Gasteiger partial charge in [0.2, 0.25) is 11.8 Å². The lowest BCUT2D eigenvalue weighted by atomic mass is 10.1. The SMILES string of the molecule is CCNC(=O)[C@@H](C)N(CCc1ccccc1)C(=O)CN(c1ccc(F)cc1)S(=O)(=O)N(C)C. The maximum absolute atomic E-state index is 13.4. The van der Waals surface area contributed by atoms with Gasteiger partial charge in [-0.05, 0) is 50.1 Å². The van der Waals surface area contributed by atoms with Gasteiger partial charge in [0.25, 0.3) is 0 Å². The molecule has 2 aromatic rings. The third-order valence-corrected chi connectivity index (χ3v) is 6.96. The number of carbonyl (C=O) groups is 2. The maximum Gasteiger partial charge on any atom is 0.304 e. The van der Waals surface area contributed by atoms with E-state index in [0.717, 1.165) is 26.3 Å². The highest BCUT2D eigenvalue weighted by atomic mass is 32.2. The van der Waals surface area contributed by atoms with Gasteiger partial charge in [-0.15, -0.1) is 0 Å². The number of rotatable bonds is 11. The molecule has 180 valence electrons. The lowest BCUT2D eigenvalue weighted by Gasteiger charge is -2.32. The minimum absolute atomic E-state index is 0.145. The molecule has 0 saturated carbocycles. The summed E-state index contributed by atoms with van der Waals surface area (Å²) in [6, 6.07) is 13.5. The smallest absolute Gasteiger partial charge is 0.304 e. The third kappa shape index (κ3) is 7.00. The second-order valence-corrected chi connectivity index (χ2v) is 9.73. The van der Waals surface area contributed by atoms with E-state index >= 15 is 0 Å². The molecule has 0 heterocycles. The number of carbonyl (C=O) groups excluding carboxylic acids is 2. The molecule has 0 fully saturated rings. The molecule has 1 atom stereocenters. The van der Waals surface area contributed by atoms with Crippen molar-refractivity contribution in [1.82, 2.24) is 14.5 Å². The molecule has 0 radical (unpaired) electrons. The van der Waals surface area contributed by atoms with Crippen molar-refractivity contribution >= 4 is 27.7 Å². The normalized spacial score (nSPS) is 12.3. The van der Waals surface area contributed by atoms with Crippen LogP contribution in [-0.2, 0) is 26.2 Å². The van der Waals surface area contributed by atoms with Crippen LogP contribution >= 0.6 is 0 Å². The van der Waals surface area contributed by atoms with E-state index in [1.807, 2.05) is 30.3 Å². The van der Waals surface area contributed by atoms with E-state index in [1.54, 1.807) is 13.8 Å². The highest BCUT2D eigenvalue weighted by Crippen LogP contribution is 2.21. The molecule has 8 nitrogen and oxygen atoms in total. The molecule has 0 aliphatic rings. The summed E-state index contributed by atoms with van der Waals surface area (Å²) >= 11 is 0. The molecule has 0 aliphatic carbocycles. The number of hydrogen-bond donors (Lipinski definition) is 1. The van der Waals surface area contributed by atoms with Crippen molar-refractivity contribution in [3.8, 4) is 0 Å². The largest absolute Gasteiger partial charge is 0.355 e. The summed E-state index contributed by atoms with van der Waals surface area (Å²) in [7, 11) is -1.36. The average molecular weight is 479 g/mol. The van der Waals surface area contributed by atoms with Gasteiger partial charge in [0.1, 0.15) is 18.4 Å². The molecule has 1 N–H and O–H groups in total. The first-order chi connectivity index (χ1) is 15.6. The van der Waals surface area contributed by atoms with Gasteiger partial charge in [0, 0.05) is 27.2 Å². The van der Waals surface area contributed by atoms with Gasteiger partial charge in [-0.1, -0.05) is 30.3 Å². The van der Waals surface area contributed by atoms with Gasteiger partial charge >= 0.3 is 10.2 Å². The average Bonchev–Trinajstić information content (AvgIpc) is 2.78. The van der Waals surface area contributed by atoms with Crippen LogP contribution < -0.4 is 9.62 Å². The molecule has 2 rings (SSSR count). The summed E-state index contributed by atoms with van der Waals surface area (Å²) in [6.45, 7) is 3.48. The minimum Gasteiger partial charge on any atom is -0.355 e. The second-order valence-electron chi connectivity index (χ2n) is 7.67. The van der Waals surface area contributed by atoms with Crippen molar-refractivity contribution in [3.63, 3.8) is 0 Å². The summed E-state index contributed by atoms with van der Waals surface area (Å²) in [4.78, 5) is 27.3. The first-order valence-electron chi connectivity index (χ1n) is 10.6. The number of anilines is 1. The Balaban J connectivity index is 2.35. The Labute approximate surface area is 195 Å². The topological polar surface area (TPSA) is 90.0 Å². The van der Waals surface area contributed by atoms with E-state index in [1.165, 1.54) is 31.1 Å². The zero-order valence-electron chi connectivity index (χ0n) is 19.4. The van der Waals surface area contributed by atoms with E-state index in [2.05, 4.69) is 5.32 Å². The molecule has 0 aliphatic heterocycles. The summed E-state index contributed by atoms with van der Waals surface area (Å²) in [6.07, 6.45) is 0.493. The summed E-state index contributed by atoms with van der Waals surface area (Å²) < 4.78 is 41.3. The van der Waals surface area contributed by atoms with E-state index in [9.17, 15) is 22.4 Å². The number of benzene rings is 2. The lowest BCUT2D eigenvalue weighted by Crippen LogP contribution is -2.53. The van der Waals surface area contributed by atoms with E-state index in [4.69, 9.17) is 0 Å². The Morgan fingerprint density at radius 1 is 1.03 bits per heavy atom. The van der Waals surface area contributed by atoms with Gasteiger partial charge < -0.3 is 10.2 Å². The summed E-state index contributed by atoms with van der Waals surface area (Å²) in [5.74, 6) is -1.40. The molecule has 10 heteroatoms. The zero-order chi connectivity index (χ0) is 24.6. The molecule has 0 spiro atoms. The van der Waals surface area contributed by atoms with Gasteiger partial charge in [-0.3, -0.25) is 9.59 Å². The van der Waals surface area contributed by atoms with E-state index < -0.39 is 34.5 Å². The lowest BCUT2D eigenvalue weighted by molar-refractivity contribution is -0.138. The Kier molecular flexibility index (Phi) is 9.36. The Morgan fingerprint density at radius 3 is 2.18 bits per heavy atom. The molecule has 2 aromatic carbocycles. The van der Waals surface area contributed by atoms with Crippen molar-refractivity contribution in [3.05, 3.63) is 66.0 Å². The molecule has 2 amide bonds. The first-order valence-corrected chi connectivity index (χ1v) is 12.0.